The standard InChI is InChI=1S/C13H28N4O5/c1-17-8-10(19)9(18)7(16)12(11(8)20)22-13-6(15)3-2-5(4-14)21-13/h5-13,17-20H,2-4,14-16H2,1H3/t5-,6-,7+,8-,9+,10+,11+,12+,13-/m1/s1. The molecule has 9 heteroatoms. The van der Waals surface area contributed by atoms with Crippen LogP contribution in [0, 0.1) is 0 Å². The van der Waals surface area contributed by atoms with Crippen LogP contribution in [-0.2, 0) is 9.47 Å². The Hall–Kier alpha value is -0.360. The van der Waals surface area contributed by atoms with Crippen LogP contribution in [0.25, 0.3) is 0 Å². The summed E-state index contributed by atoms with van der Waals surface area (Å²) in [5.74, 6) is 0. The number of aliphatic hydroxyl groups is 3. The number of nitrogens with one attached hydrogen (secondary N) is 1. The SMILES string of the molecule is CN[C@@H]1[C@H](O)[C@@H](O)[C@H](N)[C@H](O[C@H]2O[C@@H](CN)CC[C@H]2N)[C@H]1O. The van der Waals surface area contributed by atoms with E-state index in [1.165, 1.54) is 0 Å². The van der Waals surface area contributed by atoms with Gasteiger partial charge < -0.3 is 47.3 Å². The van der Waals surface area contributed by atoms with Gasteiger partial charge in [-0.05, 0) is 19.9 Å². The molecule has 1 heterocycles. The summed E-state index contributed by atoms with van der Waals surface area (Å²) in [6.07, 6.45) is -3.91. The summed E-state index contributed by atoms with van der Waals surface area (Å²) in [4.78, 5) is 0. The van der Waals surface area contributed by atoms with Gasteiger partial charge in [-0.25, -0.2) is 0 Å². The molecule has 0 aromatic heterocycles. The van der Waals surface area contributed by atoms with Crippen molar-refractivity contribution in [1.29, 1.82) is 0 Å². The quantitative estimate of drug-likeness (QED) is 0.274. The van der Waals surface area contributed by atoms with Gasteiger partial charge in [0.1, 0.15) is 6.10 Å². The molecule has 0 radical (unpaired) electrons. The van der Waals surface area contributed by atoms with E-state index in [0.717, 1.165) is 6.42 Å². The molecule has 1 saturated carbocycles. The Balaban J connectivity index is 2.08. The Morgan fingerprint density at radius 2 is 1.82 bits per heavy atom. The summed E-state index contributed by atoms with van der Waals surface area (Å²) < 4.78 is 11.4. The molecule has 2 rings (SSSR count). The average molecular weight is 320 g/mol. The molecule has 1 aliphatic heterocycles. The zero-order valence-corrected chi connectivity index (χ0v) is 12.7. The van der Waals surface area contributed by atoms with Gasteiger partial charge in [0.2, 0.25) is 0 Å². The van der Waals surface area contributed by atoms with Gasteiger partial charge in [-0.15, -0.1) is 0 Å². The van der Waals surface area contributed by atoms with E-state index in [9.17, 15) is 15.3 Å². The van der Waals surface area contributed by atoms with Crippen LogP contribution in [0.2, 0.25) is 0 Å². The van der Waals surface area contributed by atoms with Crippen molar-refractivity contribution in [3.63, 3.8) is 0 Å². The fourth-order valence-electron chi connectivity index (χ4n) is 3.12. The molecule has 0 amide bonds. The van der Waals surface area contributed by atoms with Gasteiger partial charge in [0.05, 0.1) is 42.5 Å². The minimum Gasteiger partial charge on any atom is -0.389 e. The third-order valence-electron chi connectivity index (χ3n) is 4.58. The van der Waals surface area contributed by atoms with Crippen LogP contribution < -0.4 is 22.5 Å². The van der Waals surface area contributed by atoms with Crippen molar-refractivity contribution in [2.45, 2.75) is 67.8 Å². The van der Waals surface area contributed by atoms with Crippen molar-refractivity contribution < 1.29 is 24.8 Å². The lowest BCUT2D eigenvalue weighted by Crippen LogP contribution is -2.71. The van der Waals surface area contributed by atoms with Crippen molar-refractivity contribution >= 4 is 0 Å². The Morgan fingerprint density at radius 3 is 2.41 bits per heavy atom. The fraction of sp³-hybridized carbons (Fsp3) is 1.00. The fourth-order valence-corrected chi connectivity index (χ4v) is 3.12. The highest BCUT2D eigenvalue weighted by atomic mass is 16.7. The molecular formula is C13H28N4O5. The van der Waals surface area contributed by atoms with Crippen molar-refractivity contribution in [3.05, 3.63) is 0 Å². The summed E-state index contributed by atoms with van der Waals surface area (Å²) in [5, 5.41) is 33.1. The van der Waals surface area contributed by atoms with E-state index in [1.807, 2.05) is 0 Å². The maximum atomic E-state index is 10.4. The number of rotatable bonds is 4. The topological polar surface area (TPSA) is 169 Å². The third kappa shape index (κ3) is 3.42. The zero-order chi connectivity index (χ0) is 16.4. The van der Waals surface area contributed by atoms with E-state index in [2.05, 4.69) is 5.32 Å². The first-order valence-electron chi connectivity index (χ1n) is 7.64. The first kappa shape index (κ1) is 18.0. The molecule has 130 valence electrons. The zero-order valence-electron chi connectivity index (χ0n) is 12.7. The Labute approximate surface area is 129 Å². The molecule has 0 unspecified atom stereocenters. The molecule has 2 fully saturated rings. The number of likely N-dealkylation sites (N-methyl/N-ethyl adjacent to an activating group) is 1. The minimum atomic E-state index is -1.23. The highest BCUT2D eigenvalue weighted by Gasteiger charge is 2.49. The van der Waals surface area contributed by atoms with Crippen molar-refractivity contribution in [1.82, 2.24) is 5.32 Å². The van der Waals surface area contributed by atoms with E-state index < -0.39 is 42.8 Å². The molecule has 1 saturated heterocycles. The normalized spacial score (nSPS) is 50.0. The van der Waals surface area contributed by atoms with Gasteiger partial charge in [0.15, 0.2) is 6.29 Å². The number of hydrogen-bond donors (Lipinski definition) is 7. The third-order valence-corrected chi connectivity index (χ3v) is 4.58. The molecule has 0 bridgehead atoms. The lowest BCUT2D eigenvalue weighted by molar-refractivity contribution is -0.258. The lowest BCUT2D eigenvalue weighted by Gasteiger charge is -2.46. The maximum absolute atomic E-state index is 10.4. The highest BCUT2D eigenvalue weighted by Crippen LogP contribution is 2.27. The van der Waals surface area contributed by atoms with Crippen molar-refractivity contribution in [2.24, 2.45) is 17.2 Å². The first-order chi connectivity index (χ1) is 10.4. The second kappa shape index (κ2) is 7.47. The summed E-state index contributed by atoms with van der Waals surface area (Å²) in [6.45, 7) is 0.354. The minimum absolute atomic E-state index is 0.155. The summed E-state index contributed by atoms with van der Waals surface area (Å²) in [7, 11) is 1.57. The molecule has 22 heavy (non-hydrogen) atoms. The predicted molar refractivity (Wildman–Crippen MR) is 78.6 cm³/mol. The smallest absolute Gasteiger partial charge is 0.173 e. The van der Waals surface area contributed by atoms with Gasteiger partial charge in [0, 0.05) is 6.54 Å². The van der Waals surface area contributed by atoms with Gasteiger partial charge >= 0.3 is 0 Å². The van der Waals surface area contributed by atoms with Gasteiger partial charge in [-0.1, -0.05) is 0 Å². The van der Waals surface area contributed by atoms with Crippen molar-refractivity contribution in [3.8, 4) is 0 Å². The summed E-state index contributed by atoms with van der Waals surface area (Å²) >= 11 is 0. The second-order valence-electron chi connectivity index (χ2n) is 6.07. The molecule has 1 aliphatic carbocycles. The Kier molecular flexibility index (Phi) is 6.11. The van der Waals surface area contributed by atoms with Crippen LogP contribution in [0.3, 0.4) is 0 Å². The van der Waals surface area contributed by atoms with Crippen LogP contribution in [-0.4, -0.2) is 83.8 Å². The Morgan fingerprint density at radius 1 is 1.14 bits per heavy atom. The van der Waals surface area contributed by atoms with E-state index in [1.54, 1.807) is 7.05 Å². The predicted octanol–water partition coefficient (Wildman–Crippen LogP) is -3.83. The van der Waals surface area contributed by atoms with Crippen LogP contribution in [0.5, 0.6) is 0 Å². The monoisotopic (exact) mass is 320 g/mol. The molecule has 0 aromatic rings. The van der Waals surface area contributed by atoms with E-state index in [-0.39, 0.29) is 12.1 Å². The van der Waals surface area contributed by atoms with Crippen LogP contribution in [0.15, 0.2) is 0 Å². The molecule has 0 spiro atoms. The highest BCUT2D eigenvalue weighted by molar-refractivity contribution is 5.04. The maximum Gasteiger partial charge on any atom is 0.173 e. The summed E-state index contributed by atoms with van der Waals surface area (Å²) in [5.41, 5.74) is 17.5. The first-order valence-corrected chi connectivity index (χ1v) is 7.64. The second-order valence-corrected chi connectivity index (χ2v) is 6.07. The number of hydrogen-bond acceptors (Lipinski definition) is 9. The molecule has 0 aromatic carbocycles. The average Bonchev–Trinajstić information content (AvgIpc) is 2.51. The number of nitrogens with two attached hydrogens (primary N) is 3. The van der Waals surface area contributed by atoms with Crippen LogP contribution in [0.1, 0.15) is 12.8 Å². The molecule has 2 aliphatic rings. The molecule has 9 nitrogen and oxygen atoms in total. The van der Waals surface area contributed by atoms with Gasteiger partial charge in [-0.3, -0.25) is 0 Å². The van der Waals surface area contributed by atoms with Crippen LogP contribution in [0.4, 0.5) is 0 Å². The lowest BCUT2D eigenvalue weighted by atomic mass is 9.82. The molecule has 9 atom stereocenters. The van der Waals surface area contributed by atoms with Gasteiger partial charge in [-0.2, -0.15) is 0 Å². The summed E-state index contributed by atoms with van der Waals surface area (Å²) in [6, 6.07) is -2.08. The molecule has 10 N–H and O–H groups in total. The van der Waals surface area contributed by atoms with E-state index >= 15 is 0 Å². The van der Waals surface area contributed by atoms with E-state index in [0.29, 0.717) is 13.0 Å². The number of aliphatic hydroxyl groups excluding tert-OH is 3. The van der Waals surface area contributed by atoms with Gasteiger partial charge in [0.25, 0.3) is 0 Å². The Bertz CT molecular complexity index is 363. The number of ether oxygens (including phenoxy) is 2. The van der Waals surface area contributed by atoms with E-state index in [4.69, 9.17) is 26.7 Å². The largest absolute Gasteiger partial charge is 0.389 e. The van der Waals surface area contributed by atoms with Crippen molar-refractivity contribution in [2.75, 3.05) is 13.6 Å². The molecular weight excluding hydrogens is 292 g/mol. The van der Waals surface area contributed by atoms with Crippen LogP contribution >= 0.6 is 0 Å².